The van der Waals surface area contributed by atoms with Crippen molar-refractivity contribution < 1.29 is 69.1 Å². The van der Waals surface area contributed by atoms with Crippen LogP contribution < -0.4 is 11.2 Å². The van der Waals surface area contributed by atoms with Gasteiger partial charge in [0, 0.05) is 23.9 Å². The molecule has 0 aliphatic carbocycles. The van der Waals surface area contributed by atoms with Gasteiger partial charge in [0.2, 0.25) is 0 Å². The zero-order valence-electron chi connectivity index (χ0n) is 21.5. The highest BCUT2D eigenvalue weighted by Gasteiger charge is 2.45. The minimum atomic E-state index is -5.84. The molecule has 2 aromatic rings. The number of ether oxygens (including phenoxy) is 2. The molecule has 1 aliphatic rings. The van der Waals surface area contributed by atoms with Gasteiger partial charge in [0.25, 0.3) is 5.56 Å². The number of phosphoric ester groups is 1. The third-order valence-corrected chi connectivity index (χ3v) is 11.4. The Morgan fingerprint density at radius 1 is 1.16 bits per heavy atom. The summed E-state index contributed by atoms with van der Waals surface area (Å²) in [6.07, 6.45) is -7.37. The Balaban J connectivity index is 1.89. The molecule has 3 heterocycles. The first-order chi connectivity index (χ1) is 19.7. The van der Waals surface area contributed by atoms with Crippen LogP contribution >= 0.6 is 45.1 Å². The average molecular weight is 723 g/mol. The molecule has 5 N–H and O–H groups in total. The topological polar surface area (TPSA) is 264 Å². The van der Waals surface area contributed by atoms with Crippen LogP contribution in [-0.4, -0.2) is 68.7 Å². The molecule has 0 spiro atoms. The summed E-state index contributed by atoms with van der Waals surface area (Å²) in [6, 6.07) is 0. The third kappa shape index (κ3) is 10.6. The van der Waals surface area contributed by atoms with Gasteiger partial charge in [0.1, 0.15) is 18.0 Å². The second-order valence-corrected chi connectivity index (χ2v) is 15.4. The molecule has 0 amide bonds. The van der Waals surface area contributed by atoms with Gasteiger partial charge < -0.3 is 29.0 Å². The molecule has 1 saturated heterocycles. The summed E-state index contributed by atoms with van der Waals surface area (Å²) in [7, 11) is -15.0. The monoisotopic (exact) mass is 723 g/mol. The maximum atomic E-state index is 13.1. The number of aryl methyl sites for hydroxylation is 1. The van der Waals surface area contributed by atoms with Gasteiger partial charge in [0.15, 0.2) is 5.44 Å². The Hall–Kier alpha value is -1.36. The molecule has 6 unspecified atom stereocenters. The summed E-state index contributed by atoms with van der Waals surface area (Å²) in [6.45, 7) is 2.12. The standard InChI is InChI=1S/C16H23F3N5O14P3S2/c1-3-42-43-14(9-6-24(22-21-9)16(17,18)19)36-10-4-12(23-5-8(2)13(25)20-15(23)26)35-11(10)7-34-40(30,31)38-41(32,33)37-39(27,28)29/h5-6,10-12,14H,3-4,7H2,1-2H3,(H,30,31)(H,32,33)(H,20,25,26)(H2,27,28,29). The normalized spacial score (nSPS) is 23.1. The first-order valence-electron chi connectivity index (χ1n) is 11.4. The number of hydrogen-bond donors (Lipinski definition) is 5. The van der Waals surface area contributed by atoms with Crippen LogP contribution in [0.25, 0.3) is 0 Å². The lowest BCUT2D eigenvalue weighted by atomic mass is 10.2. The van der Waals surface area contributed by atoms with E-state index < -0.39 is 71.5 Å². The van der Waals surface area contributed by atoms with Crippen molar-refractivity contribution in [3.8, 4) is 0 Å². The minimum Gasteiger partial charge on any atom is -0.354 e. The van der Waals surface area contributed by atoms with E-state index in [1.165, 1.54) is 17.7 Å². The van der Waals surface area contributed by atoms with Crippen molar-refractivity contribution in [2.75, 3.05) is 12.4 Å². The van der Waals surface area contributed by atoms with E-state index >= 15 is 0 Å². The fourth-order valence-corrected chi connectivity index (χ4v) is 8.27. The van der Waals surface area contributed by atoms with Crippen LogP contribution in [0.2, 0.25) is 0 Å². The number of aromatic nitrogens is 5. The number of rotatable bonds is 14. The van der Waals surface area contributed by atoms with Crippen molar-refractivity contribution in [3.63, 3.8) is 0 Å². The molecule has 2 aromatic heterocycles. The zero-order valence-corrected chi connectivity index (χ0v) is 25.9. The van der Waals surface area contributed by atoms with Gasteiger partial charge in [0.05, 0.1) is 18.9 Å². The minimum absolute atomic E-state index is 0.0916. The van der Waals surface area contributed by atoms with E-state index in [1.807, 2.05) is 4.98 Å². The lowest BCUT2D eigenvalue weighted by Gasteiger charge is -2.24. The van der Waals surface area contributed by atoms with Gasteiger partial charge in [-0.25, -0.2) is 18.5 Å². The molecule has 0 aromatic carbocycles. The summed E-state index contributed by atoms with van der Waals surface area (Å²) in [4.78, 5) is 62.9. The Labute approximate surface area is 245 Å². The van der Waals surface area contributed by atoms with E-state index in [4.69, 9.17) is 19.3 Å². The van der Waals surface area contributed by atoms with E-state index in [0.717, 1.165) is 21.6 Å². The maximum absolute atomic E-state index is 13.1. The molecule has 1 fully saturated rings. The molecular formula is C16H23F3N5O14P3S2. The maximum Gasteiger partial charge on any atom is 0.505 e. The number of H-pyrrole nitrogens is 1. The molecule has 244 valence electrons. The van der Waals surface area contributed by atoms with Crippen molar-refractivity contribution in [1.82, 2.24) is 24.5 Å². The SMILES string of the molecule is CCSSC(OC1CC(n2cc(C)c(=O)[nH]c2=O)OC1COP(=O)(O)OP(=O)(O)OP(=O)(O)O)c1cn(C(F)(F)F)nn1. The number of nitrogens with one attached hydrogen (secondary N) is 1. The number of aromatic amines is 1. The van der Waals surface area contributed by atoms with E-state index in [9.17, 15) is 46.2 Å². The van der Waals surface area contributed by atoms with Crippen LogP contribution in [0.4, 0.5) is 13.2 Å². The Bertz CT molecular complexity index is 1550. The number of hydrogen-bond acceptors (Lipinski definition) is 14. The lowest BCUT2D eigenvalue weighted by molar-refractivity contribution is -0.213. The van der Waals surface area contributed by atoms with Crippen molar-refractivity contribution in [2.24, 2.45) is 0 Å². The smallest absolute Gasteiger partial charge is 0.354 e. The quantitative estimate of drug-likeness (QED) is 0.106. The largest absolute Gasteiger partial charge is 0.505 e. The predicted octanol–water partition coefficient (Wildman–Crippen LogP) is 2.03. The molecule has 0 bridgehead atoms. The van der Waals surface area contributed by atoms with Crippen LogP contribution in [-0.2, 0) is 42.6 Å². The van der Waals surface area contributed by atoms with Gasteiger partial charge in [-0.2, -0.15) is 13.3 Å². The van der Waals surface area contributed by atoms with E-state index in [1.54, 1.807) is 6.92 Å². The molecule has 27 heteroatoms. The first-order valence-corrected chi connectivity index (χ1v) is 18.3. The molecule has 1 aliphatic heterocycles. The molecule has 0 saturated carbocycles. The number of phosphoric acid groups is 3. The molecule has 19 nitrogen and oxygen atoms in total. The van der Waals surface area contributed by atoms with Gasteiger partial charge >= 0.3 is 35.5 Å². The molecule has 6 atom stereocenters. The van der Waals surface area contributed by atoms with Crippen LogP contribution in [0.3, 0.4) is 0 Å². The summed E-state index contributed by atoms with van der Waals surface area (Å²) in [5.41, 5.74) is -3.06. The number of alkyl halides is 3. The molecular weight excluding hydrogens is 700 g/mol. The predicted molar refractivity (Wildman–Crippen MR) is 139 cm³/mol. The molecule has 0 radical (unpaired) electrons. The highest BCUT2D eigenvalue weighted by molar-refractivity contribution is 8.76. The fourth-order valence-electron chi connectivity index (χ4n) is 3.37. The fraction of sp³-hybridized carbons (Fsp3) is 0.625. The van der Waals surface area contributed by atoms with Crippen LogP contribution in [0, 0.1) is 6.92 Å². The van der Waals surface area contributed by atoms with Crippen LogP contribution in [0.15, 0.2) is 22.0 Å². The Morgan fingerprint density at radius 2 is 1.84 bits per heavy atom. The van der Waals surface area contributed by atoms with Crippen molar-refractivity contribution in [3.05, 3.63) is 44.5 Å². The average Bonchev–Trinajstić information content (AvgIpc) is 3.48. The van der Waals surface area contributed by atoms with Gasteiger partial charge in [-0.15, -0.1) is 18.3 Å². The van der Waals surface area contributed by atoms with Crippen LogP contribution in [0.5, 0.6) is 0 Å². The van der Waals surface area contributed by atoms with Gasteiger partial charge in [-0.1, -0.05) is 33.7 Å². The van der Waals surface area contributed by atoms with E-state index in [-0.39, 0.29) is 22.4 Å². The second-order valence-electron chi connectivity index (χ2n) is 8.30. The van der Waals surface area contributed by atoms with Gasteiger partial charge in [-0.05, 0) is 6.92 Å². The second kappa shape index (κ2) is 14.0. The molecule has 3 rings (SSSR count). The summed E-state index contributed by atoms with van der Waals surface area (Å²) < 4.78 is 98.3. The van der Waals surface area contributed by atoms with Crippen molar-refractivity contribution in [2.45, 2.75) is 50.4 Å². The van der Waals surface area contributed by atoms with E-state index in [2.05, 4.69) is 23.5 Å². The zero-order chi connectivity index (χ0) is 32.4. The lowest BCUT2D eigenvalue weighted by Crippen LogP contribution is -2.33. The highest BCUT2D eigenvalue weighted by atomic mass is 33.1. The van der Waals surface area contributed by atoms with Crippen molar-refractivity contribution >= 4 is 45.1 Å². The molecule has 43 heavy (non-hydrogen) atoms. The highest BCUT2D eigenvalue weighted by Crippen LogP contribution is 2.66. The number of nitrogens with zero attached hydrogens (tertiary/aromatic N) is 4. The first kappa shape index (κ1) is 36.1. The number of halogens is 3. The van der Waals surface area contributed by atoms with Gasteiger partial charge in [-0.3, -0.25) is 18.9 Å². The summed E-state index contributed by atoms with van der Waals surface area (Å²) >= 11 is 0. The third-order valence-electron chi connectivity index (χ3n) is 5.04. The van der Waals surface area contributed by atoms with Crippen LogP contribution in [0.1, 0.15) is 36.3 Å². The van der Waals surface area contributed by atoms with Crippen molar-refractivity contribution in [1.29, 1.82) is 0 Å². The Kier molecular flexibility index (Phi) is 11.7. The summed E-state index contributed by atoms with van der Waals surface area (Å²) in [5.74, 6) is 0.475. The summed E-state index contributed by atoms with van der Waals surface area (Å²) in [5, 5.41) is 6.53. The van der Waals surface area contributed by atoms with E-state index in [0.29, 0.717) is 11.9 Å². The Morgan fingerprint density at radius 3 is 2.42 bits per heavy atom.